The average molecular weight is 276 g/mol. The molecular weight excluding hydrogens is 260 g/mol. The van der Waals surface area contributed by atoms with Gasteiger partial charge in [0, 0.05) is 24.5 Å². The van der Waals surface area contributed by atoms with Crippen molar-refractivity contribution < 1.29 is 4.74 Å². The molecule has 100 valence electrons. The van der Waals surface area contributed by atoms with Crippen LogP contribution < -0.4 is 11.3 Å². The van der Waals surface area contributed by atoms with E-state index in [0.29, 0.717) is 18.2 Å². The summed E-state index contributed by atoms with van der Waals surface area (Å²) in [6.07, 6.45) is 0. The number of ether oxygens (including phenoxy) is 1. The number of nitrogens with two attached hydrogens (primary N) is 1. The third kappa shape index (κ3) is 3.92. The lowest BCUT2D eigenvalue weighted by molar-refractivity contribution is 0.218. The summed E-state index contributed by atoms with van der Waals surface area (Å²) in [5.74, 6) is 7.55. The molecule has 0 aliphatic rings. The monoisotopic (exact) mass is 276 g/mol. The van der Waals surface area contributed by atoms with Crippen molar-refractivity contribution in [2.24, 2.45) is 5.84 Å². The average Bonchev–Trinajstić information content (AvgIpc) is 2.48. The molecule has 1 aromatic carbocycles. The number of benzene rings is 1. The highest BCUT2D eigenvalue weighted by Crippen LogP contribution is 2.23. The quantitative estimate of drug-likeness (QED) is 0.277. The topological polar surface area (TPSA) is 73.1 Å². The molecule has 6 heteroatoms. The van der Waals surface area contributed by atoms with E-state index in [1.807, 2.05) is 36.4 Å². The van der Waals surface area contributed by atoms with Gasteiger partial charge in [-0.2, -0.15) is 0 Å². The van der Waals surface area contributed by atoms with Crippen molar-refractivity contribution in [3.63, 3.8) is 0 Å². The van der Waals surface area contributed by atoms with Crippen LogP contribution in [-0.4, -0.2) is 29.4 Å². The van der Waals surface area contributed by atoms with Crippen molar-refractivity contribution in [3.05, 3.63) is 36.4 Å². The number of aromatic nitrogens is 2. The molecule has 0 fully saturated rings. The number of thioether (sulfide) groups is 1. The molecule has 3 N–H and O–H groups in total. The molecule has 0 bridgehead atoms. The number of hydrogen-bond donors (Lipinski definition) is 2. The number of nitrogens with one attached hydrogen (secondary N) is 1. The van der Waals surface area contributed by atoms with Gasteiger partial charge in [0.05, 0.1) is 6.61 Å². The van der Waals surface area contributed by atoms with E-state index in [1.54, 1.807) is 18.9 Å². The molecule has 0 spiro atoms. The minimum absolute atomic E-state index is 0.605. The summed E-state index contributed by atoms with van der Waals surface area (Å²) in [5.41, 5.74) is 3.54. The molecule has 0 amide bonds. The largest absolute Gasteiger partial charge is 0.384 e. The van der Waals surface area contributed by atoms with Crippen molar-refractivity contribution in [2.75, 3.05) is 24.9 Å². The number of methoxy groups -OCH3 is 1. The molecule has 1 aromatic heterocycles. The van der Waals surface area contributed by atoms with Gasteiger partial charge in [-0.1, -0.05) is 30.3 Å². The number of nitrogen functional groups attached to an aromatic ring is 1. The van der Waals surface area contributed by atoms with E-state index < -0.39 is 0 Å². The lowest BCUT2D eigenvalue weighted by Crippen LogP contribution is -2.10. The maximum absolute atomic E-state index is 5.45. The zero-order chi connectivity index (χ0) is 13.5. The normalized spacial score (nSPS) is 10.4. The highest BCUT2D eigenvalue weighted by molar-refractivity contribution is 7.99. The van der Waals surface area contributed by atoms with Crippen LogP contribution in [0.1, 0.15) is 0 Å². The van der Waals surface area contributed by atoms with Gasteiger partial charge < -0.3 is 10.2 Å². The van der Waals surface area contributed by atoms with Gasteiger partial charge in [0.25, 0.3) is 0 Å². The number of hydrogen-bond acceptors (Lipinski definition) is 6. The van der Waals surface area contributed by atoms with Crippen LogP contribution in [0.15, 0.2) is 41.4 Å². The van der Waals surface area contributed by atoms with E-state index in [4.69, 9.17) is 10.6 Å². The van der Waals surface area contributed by atoms with Gasteiger partial charge in [-0.15, -0.1) is 11.8 Å². The van der Waals surface area contributed by atoms with Crippen molar-refractivity contribution in [1.29, 1.82) is 0 Å². The molecule has 0 radical (unpaired) electrons. The molecule has 2 aromatic rings. The zero-order valence-electron chi connectivity index (χ0n) is 10.7. The Hall–Kier alpha value is -1.63. The van der Waals surface area contributed by atoms with Crippen LogP contribution in [0.5, 0.6) is 0 Å². The van der Waals surface area contributed by atoms with Crippen LogP contribution in [0.4, 0.5) is 5.82 Å². The van der Waals surface area contributed by atoms with E-state index in [2.05, 4.69) is 15.4 Å². The van der Waals surface area contributed by atoms with E-state index >= 15 is 0 Å². The fourth-order valence-electron chi connectivity index (χ4n) is 1.52. The lowest BCUT2D eigenvalue weighted by atomic mass is 10.2. The van der Waals surface area contributed by atoms with Crippen molar-refractivity contribution >= 4 is 17.6 Å². The molecule has 1 heterocycles. The second-order valence-corrected chi connectivity index (χ2v) is 4.88. The van der Waals surface area contributed by atoms with E-state index in [0.717, 1.165) is 16.3 Å². The van der Waals surface area contributed by atoms with Crippen molar-refractivity contribution in [3.8, 4) is 11.4 Å². The smallest absolute Gasteiger partial charge is 0.162 e. The Morgan fingerprint density at radius 2 is 2.05 bits per heavy atom. The Morgan fingerprint density at radius 3 is 2.74 bits per heavy atom. The molecule has 5 nitrogen and oxygen atoms in total. The van der Waals surface area contributed by atoms with Crippen LogP contribution in [0.2, 0.25) is 0 Å². The summed E-state index contributed by atoms with van der Waals surface area (Å²) in [4.78, 5) is 8.88. The first-order valence-electron chi connectivity index (χ1n) is 5.86. The van der Waals surface area contributed by atoms with Crippen LogP contribution in [0.25, 0.3) is 11.4 Å². The first kappa shape index (κ1) is 13.8. The Morgan fingerprint density at radius 1 is 1.26 bits per heavy atom. The van der Waals surface area contributed by atoms with Crippen LogP contribution in [-0.2, 0) is 4.74 Å². The third-order valence-electron chi connectivity index (χ3n) is 2.42. The van der Waals surface area contributed by atoms with Crippen LogP contribution in [0, 0.1) is 0 Å². The third-order valence-corrected chi connectivity index (χ3v) is 3.30. The Bertz CT molecular complexity index is 521. The van der Waals surface area contributed by atoms with Crippen LogP contribution >= 0.6 is 11.8 Å². The van der Waals surface area contributed by atoms with Gasteiger partial charge in [0.2, 0.25) is 0 Å². The Labute approximate surface area is 116 Å². The minimum atomic E-state index is 0.605. The van der Waals surface area contributed by atoms with E-state index in [-0.39, 0.29) is 0 Å². The first-order valence-corrected chi connectivity index (χ1v) is 6.85. The van der Waals surface area contributed by atoms with Crippen LogP contribution in [0.3, 0.4) is 0 Å². The fraction of sp³-hybridized carbons (Fsp3) is 0.231. The van der Waals surface area contributed by atoms with E-state index in [1.165, 1.54) is 0 Å². The summed E-state index contributed by atoms with van der Waals surface area (Å²) in [6, 6.07) is 11.6. The van der Waals surface area contributed by atoms with E-state index in [9.17, 15) is 0 Å². The summed E-state index contributed by atoms with van der Waals surface area (Å²) >= 11 is 1.61. The Kier molecular flexibility index (Phi) is 5.14. The highest BCUT2D eigenvalue weighted by Gasteiger charge is 2.06. The van der Waals surface area contributed by atoms with Gasteiger partial charge in [0.15, 0.2) is 5.82 Å². The molecular formula is C13H16N4OS. The van der Waals surface area contributed by atoms with Crippen molar-refractivity contribution in [2.45, 2.75) is 5.03 Å². The number of rotatable bonds is 6. The summed E-state index contributed by atoms with van der Waals surface area (Å²) < 4.78 is 5.03. The van der Waals surface area contributed by atoms with Gasteiger partial charge in [-0.05, 0) is 0 Å². The minimum Gasteiger partial charge on any atom is -0.384 e. The molecule has 0 aliphatic carbocycles. The van der Waals surface area contributed by atoms with Gasteiger partial charge in [0.1, 0.15) is 10.8 Å². The number of hydrazine groups is 1. The summed E-state index contributed by atoms with van der Waals surface area (Å²) in [5, 5.41) is 0.874. The first-order chi connectivity index (χ1) is 9.33. The summed E-state index contributed by atoms with van der Waals surface area (Å²) in [7, 11) is 1.68. The zero-order valence-corrected chi connectivity index (χ0v) is 11.5. The molecule has 0 unspecified atom stereocenters. The predicted molar refractivity (Wildman–Crippen MR) is 77.9 cm³/mol. The standard InChI is InChI=1S/C13H16N4OS/c1-18-7-8-19-12-9-11(17-14)15-13(16-12)10-5-3-2-4-6-10/h2-6,9H,7-8,14H2,1H3,(H,15,16,17). The molecule has 0 saturated heterocycles. The predicted octanol–water partition coefficient (Wildman–Crippen LogP) is 2.17. The SMILES string of the molecule is COCCSc1cc(NN)nc(-c2ccccc2)n1. The maximum Gasteiger partial charge on any atom is 0.162 e. The number of anilines is 1. The lowest BCUT2D eigenvalue weighted by Gasteiger charge is -2.07. The highest BCUT2D eigenvalue weighted by atomic mass is 32.2. The Balaban J connectivity index is 2.26. The molecule has 0 atom stereocenters. The molecule has 2 rings (SSSR count). The van der Waals surface area contributed by atoms with Gasteiger partial charge in [-0.3, -0.25) is 0 Å². The second kappa shape index (κ2) is 7.08. The molecule has 0 aliphatic heterocycles. The van der Waals surface area contributed by atoms with Gasteiger partial charge in [-0.25, -0.2) is 15.8 Å². The summed E-state index contributed by atoms with van der Waals surface area (Å²) in [6.45, 7) is 0.681. The second-order valence-electron chi connectivity index (χ2n) is 3.77. The molecule has 19 heavy (non-hydrogen) atoms. The number of nitrogens with zero attached hydrogens (tertiary/aromatic N) is 2. The van der Waals surface area contributed by atoms with Gasteiger partial charge >= 0.3 is 0 Å². The molecule has 0 saturated carbocycles. The maximum atomic E-state index is 5.45. The fourth-order valence-corrected chi connectivity index (χ4v) is 2.32. The van der Waals surface area contributed by atoms with Crippen molar-refractivity contribution in [1.82, 2.24) is 9.97 Å².